The molecule has 284 valence electrons. The minimum absolute atomic E-state index is 0.159. The summed E-state index contributed by atoms with van der Waals surface area (Å²) in [6.45, 7) is 7.80. The van der Waals surface area contributed by atoms with Crippen LogP contribution >= 0.6 is 0 Å². The Morgan fingerprint density at radius 2 is 0.771 bits per heavy atom. The van der Waals surface area contributed by atoms with Crippen LogP contribution in [0.5, 0.6) is 0 Å². The van der Waals surface area contributed by atoms with Crippen molar-refractivity contribution >= 4 is 0 Å². The fourth-order valence-electron chi connectivity index (χ4n) is 6.38. The summed E-state index contributed by atoms with van der Waals surface area (Å²) < 4.78 is 45.0. The molecule has 4 heterocycles. The summed E-state index contributed by atoms with van der Waals surface area (Å²) in [4.78, 5) is 0. The molecule has 0 aliphatic carbocycles. The van der Waals surface area contributed by atoms with Gasteiger partial charge in [-0.1, -0.05) is 34.6 Å². The van der Waals surface area contributed by atoms with E-state index in [4.69, 9.17) is 37.9 Å². The summed E-state index contributed by atoms with van der Waals surface area (Å²) in [6, 6.07) is 0. The molecule has 0 radical (unpaired) electrons. The van der Waals surface area contributed by atoms with Gasteiger partial charge in [0.25, 0.3) is 0 Å². The second-order valence-electron chi connectivity index (χ2n) is 12.2. The maximum atomic E-state index is 11.1. The van der Waals surface area contributed by atoms with E-state index in [0.717, 1.165) is 0 Å². The molecule has 18 nitrogen and oxygen atoms in total. The molecule has 4 aliphatic rings. The Balaban J connectivity index is 0.00000307. The molecule has 4 fully saturated rings. The van der Waals surface area contributed by atoms with Crippen LogP contribution < -0.4 is 0 Å². The summed E-state index contributed by atoms with van der Waals surface area (Å²) in [5, 5.41) is 106. The van der Waals surface area contributed by atoms with E-state index >= 15 is 0 Å². The molecule has 4 rings (SSSR count). The van der Waals surface area contributed by atoms with Crippen molar-refractivity contribution in [3.63, 3.8) is 0 Å². The van der Waals surface area contributed by atoms with Gasteiger partial charge in [-0.15, -0.1) is 0 Å². The number of aliphatic hydroxyl groups excluding tert-OH is 10. The molecule has 0 bridgehead atoms. The van der Waals surface area contributed by atoms with E-state index in [2.05, 4.69) is 0 Å². The van der Waals surface area contributed by atoms with Gasteiger partial charge in [0.15, 0.2) is 25.2 Å². The van der Waals surface area contributed by atoms with Crippen LogP contribution in [0.25, 0.3) is 0 Å². The lowest BCUT2D eigenvalue weighted by Gasteiger charge is -2.49. The van der Waals surface area contributed by atoms with Gasteiger partial charge in [-0.2, -0.15) is 0 Å². The van der Waals surface area contributed by atoms with Crippen molar-refractivity contribution in [3.05, 3.63) is 0 Å². The Kier molecular flexibility index (Phi) is 16.2. The van der Waals surface area contributed by atoms with Crippen LogP contribution in [0.1, 0.15) is 47.5 Å². The van der Waals surface area contributed by atoms with E-state index in [1.165, 1.54) is 7.11 Å². The standard InChI is InChI=1S/C28H50O18.C2H6/c1-5-10-9(3)14(31)18(35)26(40-10)45-24-13(8-30)43-28(21(38)17(24)34)44-22-11(6-2)41-27(20(37)16(22)33)46-23-12(7-29)42-25(39-4)19(36)15(23)32;1-2/h9-38H,5-8H2,1-4H3;1-2H3. The van der Waals surface area contributed by atoms with Gasteiger partial charge in [-0.3, -0.25) is 0 Å². The predicted molar refractivity (Wildman–Crippen MR) is 160 cm³/mol. The molecule has 0 aromatic heterocycles. The van der Waals surface area contributed by atoms with Gasteiger partial charge in [-0.05, 0) is 12.8 Å². The SMILES string of the molecule is CC.CCC1OC(OC2C(CO)OC(OC3C(CC)OC(OC4C(CO)OC(OC)C(O)C4O)C(O)C3O)C(O)C2O)C(O)C(O)C1C. The summed E-state index contributed by atoms with van der Waals surface area (Å²) in [6.07, 6.45) is -26.6. The van der Waals surface area contributed by atoms with Gasteiger partial charge in [0.1, 0.15) is 73.2 Å². The highest BCUT2D eigenvalue weighted by Gasteiger charge is 2.54. The first-order valence-corrected chi connectivity index (χ1v) is 16.6. The third-order valence-corrected chi connectivity index (χ3v) is 9.26. The summed E-state index contributed by atoms with van der Waals surface area (Å²) in [5.41, 5.74) is 0. The van der Waals surface area contributed by atoms with Crippen LogP contribution in [0.3, 0.4) is 0 Å². The topological polar surface area (TPSA) is 276 Å². The lowest BCUT2D eigenvalue weighted by atomic mass is 9.89. The quantitative estimate of drug-likeness (QED) is 0.0982. The number of hydrogen-bond donors (Lipinski definition) is 10. The molecular weight excluding hydrogens is 648 g/mol. The lowest BCUT2D eigenvalue weighted by molar-refractivity contribution is -0.385. The smallest absolute Gasteiger partial charge is 0.187 e. The zero-order valence-corrected chi connectivity index (χ0v) is 28.1. The van der Waals surface area contributed by atoms with Crippen LogP contribution in [-0.2, 0) is 37.9 Å². The van der Waals surface area contributed by atoms with Crippen LogP contribution in [0.4, 0.5) is 0 Å². The number of rotatable bonds is 11. The molecule has 4 saturated heterocycles. The molecule has 0 aromatic rings. The summed E-state index contributed by atoms with van der Waals surface area (Å²) in [5.74, 6) is -0.410. The van der Waals surface area contributed by atoms with Gasteiger partial charge < -0.3 is 89.0 Å². The van der Waals surface area contributed by atoms with E-state index in [1.54, 1.807) is 13.8 Å². The third kappa shape index (κ3) is 8.66. The molecule has 0 amide bonds. The normalized spacial score (nSPS) is 50.0. The molecule has 0 saturated carbocycles. The molecule has 20 unspecified atom stereocenters. The lowest BCUT2D eigenvalue weighted by Crippen LogP contribution is -2.66. The fraction of sp³-hybridized carbons (Fsp3) is 1.00. The van der Waals surface area contributed by atoms with Crippen molar-refractivity contribution in [2.24, 2.45) is 5.92 Å². The number of aliphatic hydroxyl groups is 10. The van der Waals surface area contributed by atoms with Crippen molar-refractivity contribution in [2.45, 2.75) is 164 Å². The highest BCUT2D eigenvalue weighted by atomic mass is 16.8. The molecule has 0 spiro atoms. The van der Waals surface area contributed by atoms with Crippen molar-refractivity contribution in [2.75, 3.05) is 20.3 Å². The van der Waals surface area contributed by atoms with Crippen LogP contribution in [-0.4, -0.2) is 188 Å². The zero-order valence-electron chi connectivity index (χ0n) is 28.1. The molecule has 4 aliphatic heterocycles. The van der Waals surface area contributed by atoms with Crippen molar-refractivity contribution in [1.29, 1.82) is 0 Å². The first-order valence-electron chi connectivity index (χ1n) is 16.6. The van der Waals surface area contributed by atoms with Gasteiger partial charge in [0.05, 0.1) is 31.5 Å². The number of methoxy groups -OCH3 is 1. The highest BCUT2D eigenvalue weighted by Crippen LogP contribution is 2.35. The van der Waals surface area contributed by atoms with Gasteiger partial charge >= 0.3 is 0 Å². The minimum atomic E-state index is -1.83. The number of ether oxygens (including phenoxy) is 8. The van der Waals surface area contributed by atoms with E-state index in [9.17, 15) is 51.1 Å². The monoisotopic (exact) mass is 704 g/mol. The molecular formula is C30H56O18. The number of hydrogen-bond acceptors (Lipinski definition) is 18. The second kappa shape index (κ2) is 18.7. The van der Waals surface area contributed by atoms with E-state index in [1.807, 2.05) is 20.8 Å². The van der Waals surface area contributed by atoms with Crippen LogP contribution in [0.2, 0.25) is 0 Å². The van der Waals surface area contributed by atoms with Crippen molar-refractivity contribution < 1.29 is 89.0 Å². The summed E-state index contributed by atoms with van der Waals surface area (Å²) in [7, 11) is 1.23. The van der Waals surface area contributed by atoms with Crippen molar-refractivity contribution in [3.8, 4) is 0 Å². The highest BCUT2D eigenvalue weighted by molar-refractivity contribution is 4.97. The molecule has 20 atom stereocenters. The van der Waals surface area contributed by atoms with E-state index in [-0.39, 0.29) is 6.42 Å². The molecule has 10 N–H and O–H groups in total. The Labute approximate surface area is 279 Å². The Morgan fingerprint density at radius 1 is 0.458 bits per heavy atom. The average molecular weight is 705 g/mol. The third-order valence-electron chi connectivity index (χ3n) is 9.26. The van der Waals surface area contributed by atoms with Crippen molar-refractivity contribution in [1.82, 2.24) is 0 Å². The maximum absolute atomic E-state index is 11.1. The zero-order chi connectivity index (χ0) is 36.0. The first kappa shape index (κ1) is 41.7. The Morgan fingerprint density at radius 3 is 1.15 bits per heavy atom. The Hall–Kier alpha value is -0.720. The summed E-state index contributed by atoms with van der Waals surface area (Å²) >= 11 is 0. The molecule has 18 heteroatoms. The van der Waals surface area contributed by atoms with E-state index < -0.39 is 136 Å². The molecule has 48 heavy (non-hydrogen) atoms. The largest absolute Gasteiger partial charge is 0.394 e. The van der Waals surface area contributed by atoms with Crippen LogP contribution in [0, 0.1) is 5.92 Å². The molecule has 0 aromatic carbocycles. The van der Waals surface area contributed by atoms with Gasteiger partial charge in [-0.25, -0.2) is 0 Å². The average Bonchev–Trinajstić information content (AvgIpc) is 3.10. The van der Waals surface area contributed by atoms with Gasteiger partial charge in [0, 0.05) is 13.0 Å². The fourth-order valence-corrected chi connectivity index (χ4v) is 6.38. The van der Waals surface area contributed by atoms with Gasteiger partial charge in [0.2, 0.25) is 0 Å². The van der Waals surface area contributed by atoms with Crippen LogP contribution in [0.15, 0.2) is 0 Å². The maximum Gasteiger partial charge on any atom is 0.187 e. The Bertz CT molecular complexity index is 926. The van der Waals surface area contributed by atoms with E-state index in [0.29, 0.717) is 6.42 Å². The minimum Gasteiger partial charge on any atom is -0.394 e. The predicted octanol–water partition coefficient (Wildman–Crippen LogP) is -3.96. The first-order chi connectivity index (χ1) is 22.8. The second-order valence-corrected chi connectivity index (χ2v) is 12.2.